The van der Waals surface area contributed by atoms with Crippen LogP contribution in [0.3, 0.4) is 0 Å². The number of aromatic amines is 1. The minimum Gasteiger partial charge on any atom is -0.355 e. The van der Waals surface area contributed by atoms with Crippen LogP contribution in [0.5, 0.6) is 0 Å². The summed E-state index contributed by atoms with van der Waals surface area (Å²) >= 11 is 1.76. The van der Waals surface area contributed by atoms with E-state index < -0.39 is 0 Å². The fourth-order valence-corrected chi connectivity index (χ4v) is 5.80. The van der Waals surface area contributed by atoms with Crippen molar-refractivity contribution in [2.24, 2.45) is 0 Å². The first-order chi connectivity index (χ1) is 17.8. The molecule has 0 fully saturated rings. The van der Waals surface area contributed by atoms with Crippen molar-refractivity contribution in [1.82, 2.24) is 15.0 Å². The normalized spacial score (nSPS) is 12.2. The molecule has 0 aliphatic carbocycles. The molecular weight excluding hydrogens is 458 g/mol. The number of aromatic nitrogens is 3. The second-order valence-electron chi connectivity index (χ2n) is 8.81. The molecule has 8 bridgehead atoms. The van der Waals surface area contributed by atoms with E-state index in [4.69, 9.17) is 9.97 Å². The largest absolute Gasteiger partial charge is 0.355 e. The Bertz CT molecular complexity index is 1690. The zero-order valence-electron chi connectivity index (χ0n) is 19.3. The lowest BCUT2D eigenvalue weighted by atomic mass is 10.0. The Morgan fingerprint density at radius 2 is 1.19 bits per heavy atom. The van der Waals surface area contributed by atoms with Gasteiger partial charge in [0.2, 0.25) is 0 Å². The van der Waals surface area contributed by atoms with Crippen molar-refractivity contribution in [2.45, 2.75) is 0 Å². The van der Waals surface area contributed by atoms with Crippen molar-refractivity contribution >= 4 is 56.1 Å². The van der Waals surface area contributed by atoms with Gasteiger partial charge >= 0.3 is 0 Å². The van der Waals surface area contributed by atoms with E-state index in [9.17, 15) is 0 Å². The molecular formula is C32H21N3S. The summed E-state index contributed by atoms with van der Waals surface area (Å²) in [5.74, 6) is 0. The van der Waals surface area contributed by atoms with Gasteiger partial charge in [0, 0.05) is 31.6 Å². The molecule has 170 valence electrons. The number of nitrogens with one attached hydrogen (secondary N) is 1. The summed E-state index contributed by atoms with van der Waals surface area (Å²) in [6, 6.07) is 33.8. The first kappa shape index (κ1) is 20.8. The average Bonchev–Trinajstić information content (AvgIpc) is 3.72. The molecule has 0 amide bonds. The van der Waals surface area contributed by atoms with E-state index >= 15 is 0 Å². The molecule has 1 N–H and O–H groups in total. The summed E-state index contributed by atoms with van der Waals surface area (Å²) in [7, 11) is 0. The summed E-state index contributed by atoms with van der Waals surface area (Å²) < 4.78 is 2.35. The number of hydrogen-bond acceptors (Lipinski definition) is 3. The Kier molecular flexibility index (Phi) is 4.97. The van der Waals surface area contributed by atoms with Gasteiger partial charge in [-0.3, -0.25) is 0 Å². The predicted octanol–water partition coefficient (Wildman–Crippen LogP) is 8.72. The van der Waals surface area contributed by atoms with Gasteiger partial charge < -0.3 is 4.98 Å². The Labute approximate surface area is 212 Å². The van der Waals surface area contributed by atoms with Crippen LogP contribution in [0.25, 0.3) is 67.0 Å². The molecule has 4 heteroatoms. The van der Waals surface area contributed by atoms with Crippen molar-refractivity contribution in [1.29, 1.82) is 0 Å². The fraction of sp³-hybridized carbons (Fsp3) is 0. The average molecular weight is 480 g/mol. The molecule has 3 aromatic heterocycles. The third kappa shape index (κ3) is 3.78. The molecule has 5 heterocycles. The number of fused-ring (bicyclic) bond motifs is 8. The van der Waals surface area contributed by atoms with Crippen molar-refractivity contribution in [3.8, 4) is 22.3 Å². The lowest BCUT2D eigenvalue weighted by molar-refractivity contribution is 1.32. The van der Waals surface area contributed by atoms with Crippen molar-refractivity contribution < 1.29 is 0 Å². The summed E-state index contributed by atoms with van der Waals surface area (Å²) in [6.07, 6.45) is 8.41. The third-order valence-electron chi connectivity index (χ3n) is 6.40. The quantitative estimate of drug-likeness (QED) is 0.269. The highest BCUT2D eigenvalue weighted by Gasteiger charge is 2.13. The van der Waals surface area contributed by atoms with Crippen LogP contribution in [0.1, 0.15) is 22.8 Å². The topological polar surface area (TPSA) is 41.6 Å². The Hall–Kier alpha value is -4.54. The third-order valence-corrected chi connectivity index (χ3v) is 7.45. The monoisotopic (exact) mass is 479 g/mol. The molecule has 36 heavy (non-hydrogen) atoms. The predicted molar refractivity (Wildman–Crippen MR) is 153 cm³/mol. The number of thiophene rings is 1. The molecule has 2 aliphatic heterocycles. The van der Waals surface area contributed by atoms with Crippen LogP contribution >= 0.6 is 11.3 Å². The standard InChI is InChI=1S/C32H21N3S/c1-3-7-21(8-4-1)31-27-15-11-23(33-27)19-24-12-17-29(34-24)32(22-9-5-2-6-10-22)30-18-14-26(36-30)20-25-13-16-28(31)35-25/h1-20,33H. The smallest absolute Gasteiger partial charge is 0.0736 e. The van der Waals surface area contributed by atoms with Gasteiger partial charge in [-0.25, -0.2) is 9.97 Å². The maximum absolute atomic E-state index is 5.02. The highest BCUT2D eigenvalue weighted by atomic mass is 32.1. The van der Waals surface area contributed by atoms with E-state index in [1.54, 1.807) is 11.3 Å². The van der Waals surface area contributed by atoms with Gasteiger partial charge in [0.05, 0.1) is 22.8 Å². The van der Waals surface area contributed by atoms with Crippen LogP contribution in [0.15, 0.2) is 97.1 Å². The lowest BCUT2D eigenvalue weighted by Crippen LogP contribution is -1.85. The molecule has 3 nitrogen and oxygen atoms in total. The van der Waals surface area contributed by atoms with Gasteiger partial charge in [0.25, 0.3) is 0 Å². The molecule has 0 saturated carbocycles. The van der Waals surface area contributed by atoms with Gasteiger partial charge in [0.15, 0.2) is 0 Å². The second kappa shape index (κ2) is 8.59. The molecule has 7 rings (SSSR count). The molecule has 0 unspecified atom stereocenters. The lowest BCUT2D eigenvalue weighted by Gasteiger charge is -2.03. The first-order valence-electron chi connectivity index (χ1n) is 11.9. The number of benzene rings is 2. The van der Waals surface area contributed by atoms with E-state index in [0.717, 1.165) is 60.8 Å². The molecule has 2 aromatic carbocycles. The van der Waals surface area contributed by atoms with Gasteiger partial charge in [-0.1, -0.05) is 60.7 Å². The van der Waals surface area contributed by atoms with Gasteiger partial charge in [-0.2, -0.15) is 0 Å². The molecule has 0 radical (unpaired) electrons. The van der Waals surface area contributed by atoms with Crippen molar-refractivity contribution in [3.63, 3.8) is 0 Å². The Balaban J connectivity index is 1.58. The van der Waals surface area contributed by atoms with Crippen LogP contribution in [-0.2, 0) is 0 Å². The van der Waals surface area contributed by atoms with E-state index in [1.165, 1.54) is 4.70 Å². The van der Waals surface area contributed by atoms with Crippen LogP contribution in [0.4, 0.5) is 0 Å². The number of H-pyrrole nitrogens is 1. The Morgan fingerprint density at radius 3 is 1.92 bits per heavy atom. The van der Waals surface area contributed by atoms with E-state index in [1.807, 2.05) is 12.1 Å². The highest BCUT2D eigenvalue weighted by molar-refractivity contribution is 7.23. The van der Waals surface area contributed by atoms with Crippen LogP contribution in [-0.4, -0.2) is 15.0 Å². The molecule has 5 aromatic rings. The van der Waals surface area contributed by atoms with Crippen LogP contribution in [0.2, 0.25) is 0 Å². The maximum Gasteiger partial charge on any atom is 0.0736 e. The minimum atomic E-state index is 0.928. The minimum absolute atomic E-state index is 0.928. The maximum atomic E-state index is 5.02. The van der Waals surface area contributed by atoms with Crippen LogP contribution in [0, 0.1) is 0 Å². The SMILES string of the molecule is C1=Cc2nc1cc1ccc(s1)c(-c1ccccc1)c1nc(cc3ccc([nH]3)c2-c2ccccc2)C=C1. The second-order valence-corrected chi connectivity index (χ2v) is 9.93. The summed E-state index contributed by atoms with van der Waals surface area (Å²) in [4.78, 5) is 13.6. The zero-order chi connectivity index (χ0) is 23.9. The first-order valence-corrected chi connectivity index (χ1v) is 12.7. The Morgan fingerprint density at radius 1 is 0.556 bits per heavy atom. The number of rotatable bonds is 2. The molecule has 2 aliphatic rings. The van der Waals surface area contributed by atoms with Gasteiger partial charge in [0.1, 0.15) is 0 Å². The van der Waals surface area contributed by atoms with Crippen LogP contribution < -0.4 is 0 Å². The van der Waals surface area contributed by atoms with Gasteiger partial charge in [-0.05, 0) is 71.8 Å². The van der Waals surface area contributed by atoms with Gasteiger partial charge in [-0.15, -0.1) is 11.3 Å². The molecule has 0 spiro atoms. The molecule has 0 atom stereocenters. The van der Waals surface area contributed by atoms with Crippen molar-refractivity contribution in [3.05, 3.63) is 120 Å². The molecule has 0 saturated heterocycles. The fourth-order valence-electron chi connectivity index (χ4n) is 4.77. The van der Waals surface area contributed by atoms with Crippen molar-refractivity contribution in [2.75, 3.05) is 0 Å². The number of hydrogen-bond donors (Lipinski definition) is 1. The van der Waals surface area contributed by atoms with E-state index in [0.29, 0.717) is 0 Å². The summed E-state index contributed by atoms with van der Waals surface area (Å²) in [6.45, 7) is 0. The zero-order valence-corrected chi connectivity index (χ0v) is 20.2. The number of nitrogens with zero attached hydrogens (tertiary/aromatic N) is 2. The summed E-state index contributed by atoms with van der Waals surface area (Å²) in [5, 5.41) is 0. The van der Waals surface area contributed by atoms with E-state index in [2.05, 4.69) is 114 Å². The summed E-state index contributed by atoms with van der Waals surface area (Å²) in [5.41, 5.74) is 10.4. The highest BCUT2D eigenvalue weighted by Crippen LogP contribution is 2.35. The van der Waals surface area contributed by atoms with E-state index in [-0.39, 0.29) is 0 Å².